The van der Waals surface area contributed by atoms with E-state index in [1.165, 1.54) is 23.5 Å². The van der Waals surface area contributed by atoms with Crippen LogP contribution in [0.2, 0.25) is 0 Å². The highest BCUT2D eigenvalue weighted by molar-refractivity contribution is 7.15. The number of carbonyl (C=O) groups excluding carboxylic acids is 2. The number of hydrogen-bond acceptors (Lipinski definition) is 4. The van der Waals surface area contributed by atoms with E-state index in [1.54, 1.807) is 0 Å². The van der Waals surface area contributed by atoms with Gasteiger partial charge in [0.1, 0.15) is 28.8 Å². The lowest BCUT2D eigenvalue weighted by Gasteiger charge is -2.14. The zero-order valence-electron chi connectivity index (χ0n) is 14.8. The Morgan fingerprint density at radius 3 is 2.73 bits per heavy atom. The summed E-state index contributed by atoms with van der Waals surface area (Å²) in [6.45, 7) is 4.02. The van der Waals surface area contributed by atoms with E-state index in [1.807, 2.05) is 6.92 Å². The van der Waals surface area contributed by atoms with Crippen LogP contribution in [0.25, 0.3) is 10.6 Å². The van der Waals surface area contributed by atoms with Gasteiger partial charge in [0.25, 0.3) is 0 Å². The number of aryl methyl sites for hydroxylation is 1. The SMILES string of the molecule is CCc1sc(-c2ccc(F)cc2F)nc1C(C=O)C(=O)[C@@H]1CC[C@@H](C)C1. The molecule has 1 aromatic carbocycles. The average molecular weight is 377 g/mol. The number of aromatic nitrogens is 1. The number of hydrogen-bond donors (Lipinski definition) is 0. The van der Waals surface area contributed by atoms with Gasteiger partial charge in [-0.1, -0.05) is 13.8 Å². The lowest BCUT2D eigenvalue weighted by Crippen LogP contribution is -2.22. The Bertz CT molecular complexity index is 833. The maximum absolute atomic E-state index is 14.1. The summed E-state index contributed by atoms with van der Waals surface area (Å²) in [5.41, 5.74) is 0.611. The molecule has 0 amide bonds. The number of rotatable bonds is 6. The first kappa shape index (κ1) is 18.8. The number of halogens is 2. The van der Waals surface area contributed by atoms with Gasteiger partial charge in [-0.05, 0) is 43.7 Å². The normalized spacial score (nSPS) is 20.9. The number of benzene rings is 1. The highest BCUT2D eigenvalue weighted by Gasteiger charge is 2.35. The minimum absolute atomic E-state index is 0.0875. The molecule has 3 atom stereocenters. The molecule has 3 rings (SSSR count). The van der Waals surface area contributed by atoms with Crippen molar-refractivity contribution in [1.82, 2.24) is 4.98 Å². The van der Waals surface area contributed by atoms with Crippen LogP contribution in [0.5, 0.6) is 0 Å². The van der Waals surface area contributed by atoms with E-state index in [9.17, 15) is 18.4 Å². The summed E-state index contributed by atoms with van der Waals surface area (Å²) in [7, 11) is 0. The predicted molar refractivity (Wildman–Crippen MR) is 97.2 cm³/mol. The third-order valence-electron chi connectivity index (χ3n) is 5.04. The highest BCUT2D eigenvalue weighted by atomic mass is 32.1. The lowest BCUT2D eigenvalue weighted by atomic mass is 9.89. The van der Waals surface area contributed by atoms with Crippen LogP contribution in [0.4, 0.5) is 8.78 Å². The minimum Gasteiger partial charge on any atom is -0.302 e. The van der Waals surface area contributed by atoms with Gasteiger partial charge in [-0.3, -0.25) is 4.79 Å². The minimum atomic E-state index is -0.909. The summed E-state index contributed by atoms with van der Waals surface area (Å²) in [5.74, 6) is -1.98. The fourth-order valence-corrected chi connectivity index (χ4v) is 4.70. The average Bonchev–Trinajstić information content (AvgIpc) is 3.22. The van der Waals surface area contributed by atoms with Crippen molar-refractivity contribution in [2.45, 2.75) is 45.4 Å². The molecule has 1 unspecified atom stereocenters. The second-order valence-corrected chi connectivity index (χ2v) is 8.02. The van der Waals surface area contributed by atoms with Crippen molar-refractivity contribution >= 4 is 23.4 Å². The second kappa shape index (κ2) is 7.74. The monoisotopic (exact) mass is 377 g/mol. The van der Waals surface area contributed by atoms with Gasteiger partial charge in [-0.25, -0.2) is 13.8 Å². The number of carbonyl (C=O) groups is 2. The van der Waals surface area contributed by atoms with E-state index in [-0.39, 0.29) is 17.3 Å². The standard InChI is InChI=1S/C20H21F2NO2S/c1-3-17-18(15(10-24)19(25)12-5-4-11(2)8-12)23-20(26-17)14-7-6-13(21)9-16(14)22/h6-7,9-12,15H,3-5,8H2,1-2H3/t11-,12-,15?/m1/s1. The van der Waals surface area contributed by atoms with Crippen molar-refractivity contribution in [3.05, 3.63) is 40.4 Å². The molecular weight excluding hydrogens is 356 g/mol. The summed E-state index contributed by atoms with van der Waals surface area (Å²) in [6, 6.07) is 3.32. The van der Waals surface area contributed by atoms with Crippen molar-refractivity contribution in [1.29, 1.82) is 0 Å². The van der Waals surface area contributed by atoms with Gasteiger partial charge in [-0.15, -0.1) is 11.3 Å². The first-order valence-corrected chi connectivity index (χ1v) is 9.70. The zero-order chi connectivity index (χ0) is 18.8. The van der Waals surface area contributed by atoms with E-state index in [0.29, 0.717) is 29.3 Å². The molecule has 1 aliphatic carbocycles. The van der Waals surface area contributed by atoms with Crippen LogP contribution in [0.15, 0.2) is 18.2 Å². The maximum atomic E-state index is 14.1. The van der Waals surface area contributed by atoms with Gasteiger partial charge in [0.2, 0.25) is 0 Å². The molecule has 1 aromatic heterocycles. The molecule has 0 aliphatic heterocycles. The number of aldehydes is 1. The zero-order valence-corrected chi connectivity index (χ0v) is 15.6. The van der Waals surface area contributed by atoms with Crippen molar-refractivity contribution in [2.24, 2.45) is 11.8 Å². The Morgan fingerprint density at radius 2 is 2.15 bits per heavy atom. The smallest absolute Gasteiger partial charge is 0.152 e. The summed E-state index contributed by atoms with van der Waals surface area (Å²) in [4.78, 5) is 29.8. The van der Waals surface area contributed by atoms with E-state index in [0.717, 1.165) is 30.2 Å². The van der Waals surface area contributed by atoms with Crippen LogP contribution in [0.1, 0.15) is 49.6 Å². The number of nitrogens with zero attached hydrogens (tertiary/aromatic N) is 1. The summed E-state index contributed by atoms with van der Waals surface area (Å²) in [5, 5.41) is 0.369. The molecule has 0 spiro atoms. The van der Waals surface area contributed by atoms with E-state index in [2.05, 4.69) is 11.9 Å². The summed E-state index contributed by atoms with van der Waals surface area (Å²) >= 11 is 1.25. The molecule has 138 valence electrons. The molecule has 6 heteroatoms. The van der Waals surface area contributed by atoms with Gasteiger partial charge in [0.15, 0.2) is 5.78 Å². The van der Waals surface area contributed by atoms with Gasteiger partial charge in [-0.2, -0.15) is 0 Å². The molecule has 1 saturated carbocycles. The molecule has 26 heavy (non-hydrogen) atoms. The molecule has 1 fully saturated rings. The van der Waals surface area contributed by atoms with Crippen LogP contribution < -0.4 is 0 Å². The number of ketones is 1. The Labute approximate surface area is 155 Å². The fraction of sp³-hybridized carbons (Fsp3) is 0.450. The largest absolute Gasteiger partial charge is 0.302 e. The van der Waals surface area contributed by atoms with Gasteiger partial charge in [0, 0.05) is 22.4 Å². The molecular formula is C20H21F2NO2S. The molecule has 0 radical (unpaired) electrons. The third kappa shape index (κ3) is 3.61. The van der Waals surface area contributed by atoms with Crippen molar-refractivity contribution in [2.75, 3.05) is 0 Å². The van der Waals surface area contributed by atoms with Gasteiger partial charge < -0.3 is 4.79 Å². The topological polar surface area (TPSA) is 47.0 Å². The van der Waals surface area contributed by atoms with Crippen molar-refractivity contribution < 1.29 is 18.4 Å². The summed E-state index contributed by atoms with van der Waals surface area (Å²) < 4.78 is 27.3. The van der Waals surface area contributed by atoms with E-state index < -0.39 is 17.6 Å². The van der Waals surface area contributed by atoms with Crippen molar-refractivity contribution in [3.8, 4) is 10.6 Å². The third-order valence-corrected chi connectivity index (χ3v) is 6.29. The molecule has 1 heterocycles. The number of Topliss-reactive ketones (excluding diaryl/α,β-unsaturated/α-hetero) is 1. The van der Waals surface area contributed by atoms with Gasteiger partial charge >= 0.3 is 0 Å². The fourth-order valence-electron chi connectivity index (χ4n) is 3.62. The summed E-state index contributed by atoms with van der Waals surface area (Å²) in [6.07, 6.45) is 3.84. The van der Waals surface area contributed by atoms with Gasteiger partial charge in [0.05, 0.1) is 5.69 Å². The molecule has 2 aromatic rings. The molecule has 0 bridgehead atoms. The van der Waals surface area contributed by atoms with Crippen LogP contribution in [0, 0.1) is 23.5 Å². The lowest BCUT2D eigenvalue weighted by molar-refractivity contribution is -0.127. The maximum Gasteiger partial charge on any atom is 0.152 e. The van der Waals surface area contributed by atoms with Crippen LogP contribution in [0.3, 0.4) is 0 Å². The molecule has 0 N–H and O–H groups in total. The van der Waals surface area contributed by atoms with E-state index >= 15 is 0 Å². The van der Waals surface area contributed by atoms with E-state index in [4.69, 9.17) is 0 Å². The molecule has 1 aliphatic rings. The predicted octanol–water partition coefficient (Wildman–Crippen LogP) is 4.94. The van der Waals surface area contributed by atoms with Crippen molar-refractivity contribution in [3.63, 3.8) is 0 Å². The van der Waals surface area contributed by atoms with Crippen LogP contribution >= 0.6 is 11.3 Å². The van der Waals surface area contributed by atoms with Crippen LogP contribution in [-0.2, 0) is 16.0 Å². The Kier molecular flexibility index (Phi) is 5.61. The molecule has 3 nitrogen and oxygen atoms in total. The first-order chi connectivity index (χ1) is 12.4. The quantitative estimate of drug-likeness (QED) is 0.529. The second-order valence-electron chi connectivity index (χ2n) is 6.94. The Hall–Kier alpha value is -1.95. The highest BCUT2D eigenvalue weighted by Crippen LogP contribution is 2.38. The molecule has 0 saturated heterocycles. The first-order valence-electron chi connectivity index (χ1n) is 8.88. The Balaban J connectivity index is 1.96. The number of thiazole rings is 1. The Morgan fingerprint density at radius 1 is 1.38 bits per heavy atom. The van der Waals surface area contributed by atoms with Crippen LogP contribution in [-0.4, -0.2) is 17.1 Å².